The van der Waals surface area contributed by atoms with Crippen molar-refractivity contribution >= 4 is 17.3 Å². The molecule has 1 aromatic carbocycles. The number of aromatic nitrogens is 4. The van der Waals surface area contributed by atoms with Crippen molar-refractivity contribution in [3.8, 4) is 11.4 Å². The summed E-state index contributed by atoms with van der Waals surface area (Å²) < 4.78 is 1.60. The van der Waals surface area contributed by atoms with Gasteiger partial charge in [0.2, 0.25) is 0 Å². The van der Waals surface area contributed by atoms with Gasteiger partial charge in [0.25, 0.3) is 0 Å². The Kier molecular flexibility index (Phi) is 3.93. The van der Waals surface area contributed by atoms with E-state index in [4.69, 9.17) is 11.6 Å². The predicted octanol–water partition coefficient (Wildman–Crippen LogP) is 2.94. The van der Waals surface area contributed by atoms with E-state index >= 15 is 0 Å². The number of aryl methyl sites for hydroxylation is 1. The summed E-state index contributed by atoms with van der Waals surface area (Å²) in [5.74, 6) is 0.170. The van der Waals surface area contributed by atoms with Crippen LogP contribution in [0.1, 0.15) is 11.4 Å². The van der Waals surface area contributed by atoms with Crippen molar-refractivity contribution in [1.29, 1.82) is 0 Å². The van der Waals surface area contributed by atoms with Gasteiger partial charge in [0.1, 0.15) is 24.1 Å². The number of benzene rings is 1. The second-order valence-corrected chi connectivity index (χ2v) is 5.19. The molecular formula is C15H14ClN5O. The van der Waals surface area contributed by atoms with E-state index in [1.54, 1.807) is 29.2 Å². The maximum absolute atomic E-state index is 9.79. The van der Waals surface area contributed by atoms with Crippen LogP contribution in [0, 0.1) is 6.92 Å². The standard InChI is InChI=1S/C15H14ClN5O/c1-10-2-5-15(22)13(20-10)7-18-11-3-4-14(12(16)6-11)21-9-17-8-19-21/h2-6,8-9,18,22H,7H2,1H3. The highest BCUT2D eigenvalue weighted by Crippen LogP contribution is 2.24. The third-order valence-electron chi connectivity index (χ3n) is 3.16. The maximum Gasteiger partial charge on any atom is 0.138 e. The van der Waals surface area contributed by atoms with E-state index in [9.17, 15) is 5.11 Å². The van der Waals surface area contributed by atoms with E-state index < -0.39 is 0 Å². The summed E-state index contributed by atoms with van der Waals surface area (Å²) in [6.45, 7) is 2.29. The molecular weight excluding hydrogens is 302 g/mol. The third-order valence-corrected chi connectivity index (χ3v) is 3.47. The lowest BCUT2D eigenvalue weighted by Crippen LogP contribution is -2.03. The first kappa shape index (κ1) is 14.3. The zero-order valence-corrected chi connectivity index (χ0v) is 12.6. The van der Waals surface area contributed by atoms with E-state index in [0.29, 0.717) is 17.3 Å². The predicted molar refractivity (Wildman–Crippen MR) is 84.3 cm³/mol. The van der Waals surface area contributed by atoms with Crippen molar-refractivity contribution in [3.63, 3.8) is 0 Å². The third kappa shape index (κ3) is 3.01. The Hall–Kier alpha value is -2.60. The minimum atomic E-state index is 0.170. The molecule has 0 spiro atoms. The number of hydrogen-bond donors (Lipinski definition) is 2. The van der Waals surface area contributed by atoms with E-state index in [-0.39, 0.29) is 5.75 Å². The van der Waals surface area contributed by atoms with E-state index in [2.05, 4.69) is 20.4 Å². The Bertz CT molecular complexity index is 789. The number of nitrogens with zero attached hydrogens (tertiary/aromatic N) is 4. The number of halogens is 1. The van der Waals surface area contributed by atoms with Gasteiger partial charge in [0.15, 0.2) is 0 Å². The number of hydrogen-bond acceptors (Lipinski definition) is 5. The van der Waals surface area contributed by atoms with Crippen LogP contribution in [0.2, 0.25) is 5.02 Å². The summed E-state index contributed by atoms with van der Waals surface area (Å²) in [4.78, 5) is 8.20. The van der Waals surface area contributed by atoms with Crippen molar-refractivity contribution in [2.45, 2.75) is 13.5 Å². The molecule has 22 heavy (non-hydrogen) atoms. The van der Waals surface area contributed by atoms with Gasteiger partial charge >= 0.3 is 0 Å². The van der Waals surface area contributed by atoms with Crippen molar-refractivity contribution in [3.05, 3.63) is 59.4 Å². The molecule has 2 aromatic heterocycles. The zero-order valence-electron chi connectivity index (χ0n) is 11.9. The molecule has 0 aliphatic carbocycles. The van der Waals surface area contributed by atoms with Gasteiger partial charge in [-0.15, -0.1) is 0 Å². The normalized spacial score (nSPS) is 10.6. The highest BCUT2D eigenvalue weighted by molar-refractivity contribution is 6.32. The molecule has 0 unspecified atom stereocenters. The van der Waals surface area contributed by atoms with Crippen molar-refractivity contribution < 1.29 is 5.11 Å². The monoisotopic (exact) mass is 315 g/mol. The quantitative estimate of drug-likeness (QED) is 0.774. The molecule has 3 aromatic rings. The molecule has 2 N–H and O–H groups in total. The second-order valence-electron chi connectivity index (χ2n) is 4.78. The molecule has 0 fully saturated rings. The first-order valence-electron chi connectivity index (χ1n) is 6.67. The summed E-state index contributed by atoms with van der Waals surface area (Å²) in [6.07, 6.45) is 3.04. The van der Waals surface area contributed by atoms with Crippen molar-refractivity contribution in [2.24, 2.45) is 0 Å². The molecule has 0 radical (unpaired) electrons. The lowest BCUT2D eigenvalue weighted by atomic mass is 10.2. The highest BCUT2D eigenvalue weighted by atomic mass is 35.5. The molecule has 0 saturated carbocycles. The largest absolute Gasteiger partial charge is 0.506 e. The number of nitrogens with one attached hydrogen (secondary N) is 1. The summed E-state index contributed by atoms with van der Waals surface area (Å²) in [6, 6.07) is 8.94. The topological polar surface area (TPSA) is 75.9 Å². The Morgan fingerprint density at radius 3 is 2.86 bits per heavy atom. The molecule has 0 aliphatic heterocycles. The summed E-state index contributed by atoms with van der Waals surface area (Å²) in [7, 11) is 0. The van der Waals surface area contributed by atoms with Crippen LogP contribution < -0.4 is 5.32 Å². The average Bonchev–Trinajstić information content (AvgIpc) is 3.02. The molecule has 6 nitrogen and oxygen atoms in total. The van der Waals surface area contributed by atoms with Crippen molar-refractivity contribution in [2.75, 3.05) is 5.32 Å². The molecule has 0 bridgehead atoms. The van der Waals surface area contributed by atoms with E-state index in [1.807, 2.05) is 19.1 Å². The van der Waals surface area contributed by atoms with Crippen LogP contribution in [-0.2, 0) is 6.54 Å². The second kappa shape index (κ2) is 6.03. The van der Waals surface area contributed by atoms with Crippen molar-refractivity contribution in [1.82, 2.24) is 19.7 Å². The lowest BCUT2D eigenvalue weighted by Gasteiger charge is -2.10. The Morgan fingerprint density at radius 2 is 2.14 bits per heavy atom. The fourth-order valence-electron chi connectivity index (χ4n) is 2.05. The maximum atomic E-state index is 9.79. The highest BCUT2D eigenvalue weighted by Gasteiger charge is 2.07. The minimum absolute atomic E-state index is 0.170. The number of aromatic hydroxyl groups is 1. The SMILES string of the molecule is Cc1ccc(O)c(CNc2ccc(-n3cncn3)c(Cl)c2)n1. The molecule has 7 heteroatoms. The Morgan fingerprint density at radius 1 is 1.27 bits per heavy atom. The average molecular weight is 316 g/mol. The summed E-state index contributed by atoms with van der Waals surface area (Å²) >= 11 is 6.27. The summed E-state index contributed by atoms with van der Waals surface area (Å²) in [5, 5.41) is 17.6. The molecule has 112 valence electrons. The number of pyridine rings is 1. The zero-order chi connectivity index (χ0) is 15.5. The molecule has 2 heterocycles. The smallest absolute Gasteiger partial charge is 0.138 e. The van der Waals surface area contributed by atoms with E-state index in [0.717, 1.165) is 17.1 Å². The Balaban J connectivity index is 1.76. The molecule has 3 rings (SSSR count). The number of anilines is 1. The van der Waals surface area contributed by atoms with Gasteiger partial charge in [0.05, 0.1) is 17.3 Å². The van der Waals surface area contributed by atoms with E-state index in [1.165, 1.54) is 6.33 Å². The first-order chi connectivity index (χ1) is 10.6. The van der Waals surface area contributed by atoms with Gasteiger partial charge < -0.3 is 10.4 Å². The van der Waals surface area contributed by atoms with Crippen LogP contribution in [0.3, 0.4) is 0 Å². The van der Waals surface area contributed by atoms with Gasteiger partial charge in [-0.2, -0.15) is 5.10 Å². The van der Waals surface area contributed by atoms with Gasteiger partial charge in [-0.1, -0.05) is 11.6 Å². The molecule has 0 atom stereocenters. The van der Waals surface area contributed by atoms with Crippen LogP contribution >= 0.6 is 11.6 Å². The lowest BCUT2D eigenvalue weighted by molar-refractivity contribution is 0.464. The molecule has 0 aliphatic rings. The van der Waals surface area contributed by atoms with Crippen LogP contribution in [0.25, 0.3) is 5.69 Å². The van der Waals surface area contributed by atoms with Crippen LogP contribution in [0.4, 0.5) is 5.69 Å². The fraction of sp³-hybridized carbons (Fsp3) is 0.133. The van der Waals surface area contributed by atoms with Gasteiger partial charge in [-0.3, -0.25) is 4.98 Å². The first-order valence-corrected chi connectivity index (χ1v) is 7.05. The summed E-state index contributed by atoms with van der Waals surface area (Å²) in [5.41, 5.74) is 3.03. The Labute approximate surface area is 132 Å². The van der Waals surface area contributed by atoms with Gasteiger partial charge in [0, 0.05) is 11.4 Å². The van der Waals surface area contributed by atoms with Crippen LogP contribution in [0.5, 0.6) is 5.75 Å². The molecule has 0 amide bonds. The minimum Gasteiger partial charge on any atom is -0.506 e. The van der Waals surface area contributed by atoms with Gasteiger partial charge in [-0.05, 0) is 37.3 Å². The fourth-order valence-corrected chi connectivity index (χ4v) is 2.32. The molecule has 0 saturated heterocycles. The number of rotatable bonds is 4. The van der Waals surface area contributed by atoms with Crippen LogP contribution in [0.15, 0.2) is 43.0 Å². The van der Waals surface area contributed by atoms with Crippen LogP contribution in [-0.4, -0.2) is 24.9 Å². The van der Waals surface area contributed by atoms with Gasteiger partial charge in [-0.25, -0.2) is 9.67 Å².